The first-order chi connectivity index (χ1) is 5.58. The van der Waals surface area contributed by atoms with Gasteiger partial charge in [0.1, 0.15) is 0 Å². The molecule has 0 aromatic heterocycles. The summed E-state index contributed by atoms with van der Waals surface area (Å²) in [6, 6.07) is 0. The van der Waals surface area contributed by atoms with Crippen molar-refractivity contribution in [1.29, 1.82) is 0 Å². The third-order valence-corrected chi connectivity index (χ3v) is 2.39. The summed E-state index contributed by atoms with van der Waals surface area (Å²) < 4.78 is 24.7. The lowest BCUT2D eigenvalue weighted by Crippen LogP contribution is -2.34. The Bertz CT molecular complexity index is 177. The maximum absolute atomic E-state index is 12.4. The lowest BCUT2D eigenvalue weighted by molar-refractivity contribution is 0.0275. The molecule has 0 aromatic rings. The van der Waals surface area contributed by atoms with E-state index >= 15 is 0 Å². The molecule has 12 heavy (non-hydrogen) atoms. The molecule has 0 saturated heterocycles. The fourth-order valence-electron chi connectivity index (χ4n) is 0.797. The summed E-state index contributed by atoms with van der Waals surface area (Å²) >= 11 is 1.51. The van der Waals surface area contributed by atoms with Gasteiger partial charge in [0.25, 0.3) is 5.92 Å². The van der Waals surface area contributed by atoms with E-state index in [-0.39, 0.29) is 6.54 Å². The highest BCUT2D eigenvalue weighted by molar-refractivity contribution is 8.13. The number of nitrogens with one attached hydrogen (secondary N) is 1. The number of halogens is 2. The van der Waals surface area contributed by atoms with Crippen LogP contribution in [0.5, 0.6) is 0 Å². The molecule has 0 amide bonds. The van der Waals surface area contributed by atoms with Crippen molar-refractivity contribution >= 4 is 16.9 Å². The Kier molecular flexibility index (Phi) is 3.31. The maximum Gasteiger partial charge on any atom is 0.262 e. The van der Waals surface area contributed by atoms with E-state index in [9.17, 15) is 8.78 Å². The number of aliphatic imine (C=N–C) groups is 1. The second-order valence-electron chi connectivity index (χ2n) is 2.81. The molecule has 1 aliphatic heterocycles. The van der Waals surface area contributed by atoms with Gasteiger partial charge in [-0.2, -0.15) is 0 Å². The monoisotopic (exact) mass is 194 g/mol. The predicted molar refractivity (Wildman–Crippen MR) is 48.0 cm³/mol. The van der Waals surface area contributed by atoms with Crippen molar-refractivity contribution in [2.75, 3.05) is 18.8 Å². The van der Waals surface area contributed by atoms with E-state index in [4.69, 9.17) is 0 Å². The quantitative estimate of drug-likeness (QED) is 0.724. The van der Waals surface area contributed by atoms with Crippen LogP contribution in [0.1, 0.15) is 13.3 Å². The lowest BCUT2D eigenvalue weighted by atomic mass is 10.4. The summed E-state index contributed by atoms with van der Waals surface area (Å²) in [4.78, 5) is 4.07. The normalized spacial score (nSPS) is 18.8. The third-order valence-electron chi connectivity index (χ3n) is 1.35. The minimum absolute atomic E-state index is 0.321. The largest absolute Gasteiger partial charge is 0.359 e. The number of thioether (sulfide) groups is 1. The first-order valence-corrected chi connectivity index (χ1v) is 4.85. The Labute approximate surface area is 74.8 Å². The lowest BCUT2D eigenvalue weighted by Gasteiger charge is -2.16. The highest BCUT2D eigenvalue weighted by Gasteiger charge is 2.21. The van der Waals surface area contributed by atoms with Crippen LogP contribution in [0.4, 0.5) is 8.78 Å². The Hall–Kier alpha value is -0.320. The topological polar surface area (TPSA) is 24.4 Å². The van der Waals surface area contributed by atoms with Crippen LogP contribution in [0.3, 0.4) is 0 Å². The standard InChI is InChI=1S/C7H12F2N2S/c1-7(8,9)5-11-6-10-3-2-4-12-6/h2-5H2,1H3,(H,10,11). The zero-order chi connectivity index (χ0) is 9.03. The van der Waals surface area contributed by atoms with Crippen LogP contribution in [0, 0.1) is 0 Å². The fourth-order valence-corrected chi connectivity index (χ4v) is 1.62. The Morgan fingerprint density at radius 1 is 1.67 bits per heavy atom. The van der Waals surface area contributed by atoms with Gasteiger partial charge < -0.3 is 5.32 Å². The number of hydrogen-bond donors (Lipinski definition) is 1. The van der Waals surface area contributed by atoms with Gasteiger partial charge in [0.2, 0.25) is 0 Å². The average Bonchev–Trinajstić information content (AvgIpc) is 2.02. The summed E-state index contributed by atoms with van der Waals surface area (Å²) in [6.07, 6.45) is 1.04. The number of alkyl halides is 2. The molecular weight excluding hydrogens is 182 g/mol. The zero-order valence-electron chi connectivity index (χ0n) is 6.94. The summed E-state index contributed by atoms with van der Waals surface area (Å²) in [5, 5.41) is 3.28. The van der Waals surface area contributed by atoms with Crippen LogP contribution in [-0.2, 0) is 0 Å². The average molecular weight is 194 g/mol. The molecule has 0 spiro atoms. The molecule has 1 heterocycles. The van der Waals surface area contributed by atoms with E-state index in [0.717, 1.165) is 25.6 Å². The molecule has 0 saturated carbocycles. The van der Waals surface area contributed by atoms with E-state index in [1.165, 1.54) is 11.8 Å². The molecule has 0 aliphatic carbocycles. The molecule has 0 radical (unpaired) electrons. The van der Waals surface area contributed by atoms with E-state index in [0.29, 0.717) is 5.17 Å². The molecule has 2 nitrogen and oxygen atoms in total. The Morgan fingerprint density at radius 3 is 2.92 bits per heavy atom. The minimum Gasteiger partial charge on any atom is -0.359 e. The fraction of sp³-hybridized carbons (Fsp3) is 0.857. The summed E-state index contributed by atoms with van der Waals surface area (Å²) in [5.74, 6) is -1.68. The van der Waals surface area contributed by atoms with Gasteiger partial charge in [-0.3, -0.25) is 4.99 Å². The van der Waals surface area contributed by atoms with Crippen molar-refractivity contribution < 1.29 is 8.78 Å². The van der Waals surface area contributed by atoms with Crippen LogP contribution in [0.15, 0.2) is 4.99 Å². The first kappa shape index (κ1) is 9.77. The van der Waals surface area contributed by atoms with E-state index in [1.807, 2.05) is 0 Å². The SMILES string of the molecule is CC(F)(F)CNC1=NCCCS1. The molecule has 0 aromatic carbocycles. The van der Waals surface area contributed by atoms with Gasteiger partial charge in [-0.25, -0.2) is 8.78 Å². The van der Waals surface area contributed by atoms with Crippen LogP contribution in [0.25, 0.3) is 0 Å². The Balaban J connectivity index is 2.26. The van der Waals surface area contributed by atoms with Crippen molar-refractivity contribution in [1.82, 2.24) is 5.32 Å². The summed E-state index contributed by atoms with van der Waals surface area (Å²) in [7, 11) is 0. The van der Waals surface area contributed by atoms with Crippen LogP contribution < -0.4 is 5.32 Å². The summed E-state index contributed by atoms with van der Waals surface area (Å²) in [5.41, 5.74) is 0. The van der Waals surface area contributed by atoms with Gasteiger partial charge in [-0.1, -0.05) is 11.8 Å². The molecule has 5 heteroatoms. The number of rotatable bonds is 2. The smallest absolute Gasteiger partial charge is 0.262 e. The Morgan fingerprint density at radius 2 is 2.42 bits per heavy atom. The molecule has 1 N–H and O–H groups in total. The molecular formula is C7H12F2N2S. The van der Waals surface area contributed by atoms with Crippen molar-refractivity contribution in [2.24, 2.45) is 4.99 Å². The number of amidine groups is 1. The van der Waals surface area contributed by atoms with Crippen molar-refractivity contribution in [2.45, 2.75) is 19.3 Å². The van der Waals surface area contributed by atoms with Crippen molar-refractivity contribution in [3.8, 4) is 0 Å². The molecule has 70 valence electrons. The highest BCUT2D eigenvalue weighted by Crippen LogP contribution is 2.13. The molecule has 0 fully saturated rings. The zero-order valence-corrected chi connectivity index (χ0v) is 7.76. The highest BCUT2D eigenvalue weighted by atomic mass is 32.2. The van der Waals surface area contributed by atoms with Crippen molar-refractivity contribution in [3.05, 3.63) is 0 Å². The van der Waals surface area contributed by atoms with Gasteiger partial charge >= 0.3 is 0 Å². The third kappa shape index (κ3) is 3.90. The van der Waals surface area contributed by atoms with Gasteiger partial charge in [0.05, 0.1) is 6.54 Å². The maximum atomic E-state index is 12.4. The molecule has 0 bridgehead atoms. The van der Waals surface area contributed by atoms with Crippen LogP contribution in [0.2, 0.25) is 0 Å². The minimum atomic E-state index is -2.65. The van der Waals surface area contributed by atoms with Gasteiger partial charge in [-0.15, -0.1) is 0 Å². The molecule has 0 atom stereocenters. The predicted octanol–water partition coefficient (Wildman–Crippen LogP) is 1.72. The number of hydrogen-bond acceptors (Lipinski definition) is 3. The van der Waals surface area contributed by atoms with Gasteiger partial charge in [0.15, 0.2) is 5.17 Å². The van der Waals surface area contributed by atoms with Gasteiger partial charge in [0, 0.05) is 19.2 Å². The molecule has 1 rings (SSSR count). The second kappa shape index (κ2) is 4.07. The van der Waals surface area contributed by atoms with Crippen molar-refractivity contribution in [3.63, 3.8) is 0 Å². The van der Waals surface area contributed by atoms with Crippen LogP contribution >= 0.6 is 11.8 Å². The summed E-state index contributed by atoms with van der Waals surface area (Å²) in [6.45, 7) is 1.33. The van der Waals surface area contributed by atoms with E-state index in [1.54, 1.807) is 0 Å². The van der Waals surface area contributed by atoms with Gasteiger partial charge in [-0.05, 0) is 6.42 Å². The first-order valence-electron chi connectivity index (χ1n) is 3.87. The van der Waals surface area contributed by atoms with E-state index < -0.39 is 5.92 Å². The molecule has 1 aliphatic rings. The van der Waals surface area contributed by atoms with Crippen LogP contribution in [-0.4, -0.2) is 29.9 Å². The molecule has 0 unspecified atom stereocenters. The second-order valence-corrected chi connectivity index (χ2v) is 3.90. The number of nitrogens with zero attached hydrogens (tertiary/aromatic N) is 1. The van der Waals surface area contributed by atoms with E-state index in [2.05, 4.69) is 10.3 Å².